The summed E-state index contributed by atoms with van der Waals surface area (Å²) in [4.78, 5) is 28.1. The summed E-state index contributed by atoms with van der Waals surface area (Å²) in [6.07, 6.45) is 0. The fraction of sp³-hybridized carbons (Fsp3) is 0.241. The van der Waals surface area contributed by atoms with Crippen molar-refractivity contribution in [2.24, 2.45) is 0 Å². The minimum atomic E-state index is -0.771. The van der Waals surface area contributed by atoms with Gasteiger partial charge in [-0.2, -0.15) is 0 Å². The van der Waals surface area contributed by atoms with E-state index in [0.29, 0.717) is 17.0 Å². The van der Waals surface area contributed by atoms with Crippen molar-refractivity contribution in [1.82, 2.24) is 0 Å². The third-order valence-corrected chi connectivity index (χ3v) is 6.19. The Kier molecular flexibility index (Phi) is 6.05. The van der Waals surface area contributed by atoms with Gasteiger partial charge in [0.2, 0.25) is 0 Å². The Bertz CT molecular complexity index is 1270. The van der Waals surface area contributed by atoms with Crippen LogP contribution in [0.4, 0.5) is 5.69 Å². The fourth-order valence-electron chi connectivity index (χ4n) is 4.26. The number of aryl methyl sites for hydroxylation is 1. The minimum absolute atomic E-state index is 0.0427. The highest BCUT2D eigenvalue weighted by Crippen LogP contribution is 2.43. The standard InChI is InChI=1S/C29H29NO4/c1-18-11-14-21(15-12-18)30-25(19-9-7-6-8-10-19)24(27(32)28(30)33)26(31)22-17-20(29(2,3)4)13-16-23(22)34-5/h6-17,25,31H,1-5H3/b26-24+. The zero-order valence-corrected chi connectivity index (χ0v) is 20.1. The molecule has 0 radical (unpaired) electrons. The molecule has 1 aliphatic heterocycles. The second-order valence-corrected chi connectivity index (χ2v) is 9.58. The van der Waals surface area contributed by atoms with Crippen LogP contribution in [0.2, 0.25) is 0 Å². The number of methoxy groups -OCH3 is 1. The highest BCUT2D eigenvalue weighted by atomic mass is 16.5. The number of nitrogens with zero attached hydrogens (tertiary/aromatic N) is 1. The van der Waals surface area contributed by atoms with E-state index in [9.17, 15) is 14.7 Å². The monoisotopic (exact) mass is 455 g/mol. The van der Waals surface area contributed by atoms with Gasteiger partial charge in [0.15, 0.2) is 0 Å². The Labute approximate surface area is 200 Å². The van der Waals surface area contributed by atoms with Crippen molar-refractivity contribution < 1.29 is 19.4 Å². The van der Waals surface area contributed by atoms with Crippen molar-refractivity contribution in [3.8, 4) is 5.75 Å². The number of rotatable bonds is 4. The number of ketones is 1. The molecule has 1 heterocycles. The summed E-state index contributed by atoms with van der Waals surface area (Å²) in [5.74, 6) is -1.22. The van der Waals surface area contributed by atoms with Crippen LogP contribution >= 0.6 is 0 Å². The molecule has 1 unspecified atom stereocenters. The number of carbonyl (C=O) groups excluding carboxylic acids is 2. The van der Waals surface area contributed by atoms with Gasteiger partial charge in [-0.25, -0.2) is 0 Å². The van der Waals surface area contributed by atoms with Crippen LogP contribution in [0.15, 0.2) is 78.4 Å². The molecule has 1 atom stereocenters. The van der Waals surface area contributed by atoms with Crippen LogP contribution in [0.25, 0.3) is 5.76 Å². The number of hydrogen-bond acceptors (Lipinski definition) is 4. The molecule has 1 amide bonds. The maximum Gasteiger partial charge on any atom is 0.300 e. The zero-order valence-electron chi connectivity index (χ0n) is 20.1. The summed E-state index contributed by atoms with van der Waals surface area (Å²) in [5, 5.41) is 11.6. The van der Waals surface area contributed by atoms with E-state index in [0.717, 1.165) is 16.7 Å². The van der Waals surface area contributed by atoms with E-state index in [-0.39, 0.29) is 16.7 Å². The maximum atomic E-state index is 13.4. The van der Waals surface area contributed by atoms with Gasteiger partial charge in [0.05, 0.1) is 24.3 Å². The van der Waals surface area contributed by atoms with E-state index in [1.165, 1.54) is 12.0 Å². The highest BCUT2D eigenvalue weighted by Gasteiger charge is 2.47. The number of hydrogen-bond donors (Lipinski definition) is 1. The van der Waals surface area contributed by atoms with Crippen LogP contribution in [0.1, 0.15) is 49.1 Å². The normalized spacial score (nSPS) is 17.8. The van der Waals surface area contributed by atoms with Crippen molar-refractivity contribution in [3.63, 3.8) is 0 Å². The fourth-order valence-corrected chi connectivity index (χ4v) is 4.26. The number of ether oxygens (including phenoxy) is 1. The number of aliphatic hydroxyl groups is 1. The van der Waals surface area contributed by atoms with Gasteiger partial charge in [0, 0.05) is 5.69 Å². The molecule has 5 nitrogen and oxygen atoms in total. The number of aliphatic hydroxyl groups excluding tert-OH is 1. The SMILES string of the molecule is COc1ccc(C(C)(C)C)cc1/C(O)=C1\C(=O)C(=O)N(c2ccc(C)cc2)C1c1ccccc1. The molecule has 3 aromatic rings. The Balaban J connectivity index is 1.98. The summed E-state index contributed by atoms with van der Waals surface area (Å²) in [6.45, 7) is 8.16. The quantitative estimate of drug-likeness (QED) is 0.301. The first kappa shape index (κ1) is 23.3. The summed E-state index contributed by atoms with van der Waals surface area (Å²) in [7, 11) is 1.52. The van der Waals surface area contributed by atoms with Gasteiger partial charge >= 0.3 is 0 Å². The first-order valence-corrected chi connectivity index (χ1v) is 11.2. The van der Waals surface area contributed by atoms with Crippen molar-refractivity contribution in [2.45, 2.75) is 39.2 Å². The molecule has 1 aliphatic rings. The summed E-state index contributed by atoms with van der Waals surface area (Å²) >= 11 is 0. The largest absolute Gasteiger partial charge is 0.507 e. The number of Topliss-reactive ketones (excluding diaryl/α,β-unsaturated/α-hetero) is 1. The van der Waals surface area contributed by atoms with Crippen molar-refractivity contribution in [2.75, 3.05) is 12.0 Å². The van der Waals surface area contributed by atoms with Crippen LogP contribution in [0, 0.1) is 6.92 Å². The Morgan fingerprint density at radius 1 is 0.941 bits per heavy atom. The summed E-state index contributed by atoms with van der Waals surface area (Å²) in [5.41, 5.74) is 3.58. The predicted molar refractivity (Wildman–Crippen MR) is 134 cm³/mol. The second-order valence-electron chi connectivity index (χ2n) is 9.58. The van der Waals surface area contributed by atoms with Crippen LogP contribution in [-0.4, -0.2) is 23.9 Å². The van der Waals surface area contributed by atoms with Crippen molar-refractivity contribution in [3.05, 3.63) is 101 Å². The van der Waals surface area contributed by atoms with Gasteiger partial charge in [0.25, 0.3) is 11.7 Å². The third kappa shape index (κ3) is 4.10. The maximum absolute atomic E-state index is 13.4. The summed E-state index contributed by atoms with van der Waals surface area (Å²) < 4.78 is 5.52. The number of amides is 1. The number of benzene rings is 3. The lowest BCUT2D eigenvalue weighted by atomic mass is 9.85. The number of carbonyl (C=O) groups is 2. The summed E-state index contributed by atoms with van der Waals surface area (Å²) in [6, 6.07) is 21.5. The Morgan fingerprint density at radius 2 is 1.59 bits per heavy atom. The molecule has 3 aromatic carbocycles. The molecular formula is C29H29NO4. The molecule has 0 bridgehead atoms. The lowest BCUT2D eigenvalue weighted by Gasteiger charge is -2.26. The average Bonchev–Trinajstić information content (AvgIpc) is 3.09. The molecule has 1 saturated heterocycles. The predicted octanol–water partition coefficient (Wildman–Crippen LogP) is 5.93. The molecular weight excluding hydrogens is 426 g/mol. The van der Waals surface area contributed by atoms with Crippen molar-refractivity contribution in [1.29, 1.82) is 0 Å². The van der Waals surface area contributed by atoms with Crippen LogP contribution < -0.4 is 9.64 Å². The molecule has 4 rings (SSSR count). The van der Waals surface area contributed by atoms with Gasteiger partial charge < -0.3 is 9.84 Å². The van der Waals surface area contributed by atoms with E-state index in [1.807, 2.05) is 73.7 Å². The van der Waals surface area contributed by atoms with Crippen LogP contribution in [0.5, 0.6) is 5.75 Å². The first-order chi connectivity index (χ1) is 16.1. The van der Waals surface area contributed by atoms with E-state index in [2.05, 4.69) is 20.8 Å². The van der Waals surface area contributed by atoms with E-state index in [1.54, 1.807) is 6.07 Å². The van der Waals surface area contributed by atoms with Crippen molar-refractivity contribution >= 4 is 23.1 Å². The van der Waals surface area contributed by atoms with Gasteiger partial charge in [0.1, 0.15) is 11.5 Å². The molecule has 34 heavy (non-hydrogen) atoms. The van der Waals surface area contributed by atoms with E-state index in [4.69, 9.17) is 4.74 Å². The topological polar surface area (TPSA) is 66.8 Å². The van der Waals surface area contributed by atoms with Gasteiger partial charge in [-0.15, -0.1) is 0 Å². The van der Waals surface area contributed by atoms with Gasteiger partial charge in [-0.1, -0.05) is 74.9 Å². The Morgan fingerprint density at radius 3 is 2.18 bits per heavy atom. The zero-order chi connectivity index (χ0) is 24.6. The van der Waals surface area contributed by atoms with Crippen LogP contribution in [0.3, 0.4) is 0 Å². The van der Waals surface area contributed by atoms with E-state index >= 15 is 0 Å². The molecule has 5 heteroatoms. The second kappa shape index (κ2) is 8.82. The first-order valence-electron chi connectivity index (χ1n) is 11.2. The lowest BCUT2D eigenvalue weighted by Crippen LogP contribution is -2.29. The van der Waals surface area contributed by atoms with Crippen LogP contribution in [-0.2, 0) is 15.0 Å². The number of anilines is 1. The molecule has 0 spiro atoms. The molecule has 0 aromatic heterocycles. The average molecular weight is 456 g/mol. The van der Waals surface area contributed by atoms with Gasteiger partial charge in [-0.05, 0) is 47.7 Å². The van der Waals surface area contributed by atoms with E-state index < -0.39 is 17.7 Å². The molecule has 1 N–H and O–H groups in total. The Hall–Kier alpha value is -3.86. The molecule has 0 aliphatic carbocycles. The highest BCUT2D eigenvalue weighted by molar-refractivity contribution is 6.51. The third-order valence-electron chi connectivity index (χ3n) is 6.19. The van der Waals surface area contributed by atoms with Gasteiger partial charge in [-0.3, -0.25) is 14.5 Å². The lowest BCUT2D eigenvalue weighted by molar-refractivity contribution is -0.132. The molecule has 1 fully saturated rings. The molecule has 174 valence electrons. The minimum Gasteiger partial charge on any atom is -0.507 e. The smallest absolute Gasteiger partial charge is 0.300 e. The molecule has 0 saturated carbocycles.